The van der Waals surface area contributed by atoms with Crippen LogP contribution >= 0.6 is 23.7 Å². The summed E-state index contributed by atoms with van der Waals surface area (Å²) < 4.78 is 8.51. The minimum Gasteiger partial charge on any atom is -0.479 e. The summed E-state index contributed by atoms with van der Waals surface area (Å²) in [5.41, 5.74) is 4.08. The third-order valence-electron chi connectivity index (χ3n) is 5.07. The predicted molar refractivity (Wildman–Crippen MR) is 124 cm³/mol. The number of methoxy groups -OCH3 is 1. The summed E-state index contributed by atoms with van der Waals surface area (Å²) in [4.78, 5) is 22.7. The van der Waals surface area contributed by atoms with E-state index in [1.807, 2.05) is 17.9 Å². The van der Waals surface area contributed by atoms with Crippen LogP contribution in [0.4, 0.5) is 16.2 Å². The highest BCUT2D eigenvalue weighted by atomic mass is 32.2. The van der Waals surface area contributed by atoms with Crippen LogP contribution in [0, 0.1) is 6.92 Å². The van der Waals surface area contributed by atoms with E-state index in [4.69, 9.17) is 4.74 Å². The van der Waals surface area contributed by atoms with E-state index in [0.29, 0.717) is 19.0 Å². The number of hydrogen-bond acceptors (Lipinski definition) is 7. The first-order valence-electron chi connectivity index (χ1n) is 9.71. The predicted octanol–water partition coefficient (Wildman–Crippen LogP) is 4.69. The lowest BCUT2D eigenvalue weighted by Crippen LogP contribution is -2.48. The maximum atomic E-state index is 12.7. The lowest BCUT2D eigenvalue weighted by molar-refractivity contribution is 0.219. The van der Waals surface area contributed by atoms with Gasteiger partial charge in [0.25, 0.3) is 0 Å². The Kier molecular flexibility index (Phi) is 7.55. The van der Waals surface area contributed by atoms with Crippen LogP contribution < -0.4 is 14.4 Å². The largest absolute Gasteiger partial charge is 0.479 e. The van der Waals surface area contributed by atoms with E-state index >= 15 is 0 Å². The van der Waals surface area contributed by atoms with E-state index in [2.05, 4.69) is 52.1 Å². The summed E-state index contributed by atoms with van der Waals surface area (Å²) in [6, 6.07) is 10.4. The number of ether oxygens (including phenoxy) is 1. The van der Waals surface area contributed by atoms with Crippen molar-refractivity contribution in [3.05, 3.63) is 41.6 Å². The van der Waals surface area contributed by atoms with Gasteiger partial charge in [0.2, 0.25) is 5.88 Å². The summed E-state index contributed by atoms with van der Waals surface area (Å²) in [5, 5.41) is 0.0171. The van der Waals surface area contributed by atoms with Gasteiger partial charge >= 0.3 is 5.24 Å². The van der Waals surface area contributed by atoms with Crippen molar-refractivity contribution in [3.8, 4) is 5.88 Å². The van der Waals surface area contributed by atoms with Gasteiger partial charge < -0.3 is 19.3 Å². The fraction of sp³-hybridized carbons (Fsp3) is 0.429. The average molecular weight is 433 g/mol. The summed E-state index contributed by atoms with van der Waals surface area (Å²) in [7, 11) is 1.59. The normalized spacial score (nSPS) is 14.1. The van der Waals surface area contributed by atoms with Crippen LogP contribution in [-0.2, 0) is 6.42 Å². The summed E-state index contributed by atoms with van der Waals surface area (Å²) in [5.74, 6) is 0.512. The molecular weight excluding hydrogens is 404 g/mol. The molecule has 1 aliphatic rings. The van der Waals surface area contributed by atoms with E-state index in [1.165, 1.54) is 10.6 Å². The number of carbonyl (C=O) groups is 1. The molecule has 2 aromatic rings. The van der Waals surface area contributed by atoms with Gasteiger partial charge in [-0.25, -0.2) is 4.98 Å². The van der Waals surface area contributed by atoms with Crippen molar-refractivity contribution in [2.75, 3.05) is 49.2 Å². The fourth-order valence-corrected chi connectivity index (χ4v) is 4.67. The number of pyridine rings is 1. The number of anilines is 2. The smallest absolute Gasteiger partial charge is 0.302 e. The molecule has 0 radical (unpaired) electrons. The Balaban J connectivity index is 1.58. The standard InChI is InChI=1S/C21H28N4O2S2/c1-5-16-14-17(20(27-3)22-15(16)2)23-29-21(26)25-12-10-24(11-13-25)18-8-6-7-9-19(18)28-4/h6-9,14,23H,5,10-13H2,1-4H3. The molecule has 1 aromatic heterocycles. The quantitative estimate of drug-likeness (QED) is 0.525. The number of nitrogens with one attached hydrogen (secondary N) is 1. The molecule has 1 aromatic carbocycles. The Bertz CT molecular complexity index is 855. The van der Waals surface area contributed by atoms with Crippen molar-refractivity contribution in [3.63, 3.8) is 0 Å². The van der Waals surface area contributed by atoms with Crippen molar-refractivity contribution < 1.29 is 9.53 Å². The third kappa shape index (κ3) is 5.11. The van der Waals surface area contributed by atoms with Crippen LogP contribution in [0.1, 0.15) is 18.2 Å². The van der Waals surface area contributed by atoms with Crippen LogP contribution in [0.15, 0.2) is 35.2 Å². The molecule has 2 heterocycles. The van der Waals surface area contributed by atoms with Gasteiger partial charge in [0, 0.05) is 48.7 Å². The Morgan fingerprint density at radius 1 is 1.24 bits per heavy atom. The minimum absolute atomic E-state index is 0.0171. The highest BCUT2D eigenvalue weighted by Gasteiger charge is 2.23. The lowest BCUT2D eigenvalue weighted by atomic mass is 10.1. The maximum Gasteiger partial charge on any atom is 0.302 e. The number of nitrogens with zero attached hydrogens (tertiary/aromatic N) is 3. The minimum atomic E-state index is 0.0171. The summed E-state index contributed by atoms with van der Waals surface area (Å²) in [6.45, 7) is 7.14. The molecule has 1 fully saturated rings. The van der Waals surface area contributed by atoms with Gasteiger partial charge in [-0.2, -0.15) is 0 Å². The molecule has 6 nitrogen and oxygen atoms in total. The molecule has 0 spiro atoms. The van der Waals surface area contributed by atoms with Crippen LogP contribution in [0.3, 0.4) is 0 Å². The highest BCUT2D eigenvalue weighted by molar-refractivity contribution is 8.14. The first kappa shape index (κ1) is 21.6. The molecule has 156 valence electrons. The van der Waals surface area contributed by atoms with Crippen LogP contribution in [0.2, 0.25) is 0 Å². The van der Waals surface area contributed by atoms with Crippen molar-refractivity contribution in [1.29, 1.82) is 0 Å². The molecule has 0 bridgehead atoms. The number of aromatic nitrogens is 1. The van der Waals surface area contributed by atoms with Crippen LogP contribution in [0.5, 0.6) is 5.88 Å². The number of amides is 1. The SMILES string of the molecule is CCc1cc(NSC(=O)N2CCN(c3ccccc3SC)CC2)c(OC)nc1C. The van der Waals surface area contributed by atoms with E-state index < -0.39 is 0 Å². The first-order valence-corrected chi connectivity index (χ1v) is 11.8. The molecule has 0 atom stereocenters. The Hall–Kier alpha value is -2.06. The topological polar surface area (TPSA) is 57.7 Å². The third-order valence-corrected chi connectivity index (χ3v) is 6.61. The Morgan fingerprint density at radius 2 is 1.97 bits per heavy atom. The second-order valence-electron chi connectivity index (χ2n) is 6.76. The Labute approximate surface area is 181 Å². The van der Waals surface area contributed by atoms with Gasteiger partial charge in [-0.15, -0.1) is 11.8 Å². The van der Waals surface area contributed by atoms with Crippen molar-refractivity contribution in [1.82, 2.24) is 9.88 Å². The number of para-hydroxylation sites is 1. The van der Waals surface area contributed by atoms with E-state index in [9.17, 15) is 4.79 Å². The Morgan fingerprint density at radius 3 is 2.62 bits per heavy atom. The fourth-order valence-electron chi connectivity index (χ4n) is 3.40. The summed E-state index contributed by atoms with van der Waals surface area (Å²) >= 11 is 2.84. The second kappa shape index (κ2) is 10.1. The molecule has 0 unspecified atom stereocenters. The summed E-state index contributed by atoms with van der Waals surface area (Å²) in [6.07, 6.45) is 2.98. The zero-order valence-electron chi connectivity index (χ0n) is 17.4. The monoisotopic (exact) mass is 432 g/mol. The molecular formula is C21H28N4O2S2. The van der Waals surface area contributed by atoms with Gasteiger partial charge in [0.05, 0.1) is 12.8 Å². The molecule has 29 heavy (non-hydrogen) atoms. The zero-order valence-corrected chi connectivity index (χ0v) is 19.0. The molecule has 8 heteroatoms. The number of aryl methyl sites for hydroxylation is 2. The van der Waals surface area contributed by atoms with Gasteiger partial charge in [-0.3, -0.25) is 4.79 Å². The van der Waals surface area contributed by atoms with E-state index in [1.54, 1.807) is 18.9 Å². The van der Waals surface area contributed by atoms with Crippen LogP contribution in [-0.4, -0.2) is 54.7 Å². The molecule has 1 amide bonds. The van der Waals surface area contributed by atoms with Gasteiger partial charge in [0.15, 0.2) is 0 Å². The average Bonchev–Trinajstić information content (AvgIpc) is 2.77. The zero-order chi connectivity index (χ0) is 20.8. The molecule has 0 aliphatic carbocycles. The molecule has 1 saturated heterocycles. The number of piperazine rings is 1. The van der Waals surface area contributed by atoms with Crippen molar-refractivity contribution >= 4 is 40.3 Å². The molecule has 3 rings (SSSR count). The molecule has 1 N–H and O–H groups in total. The maximum absolute atomic E-state index is 12.7. The van der Waals surface area contributed by atoms with Crippen molar-refractivity contribution in [2.24, 2.45) is 0 Å². The number of carbonyl (C=O) groups excluding carboxylic acids is 1. The number of benzene rings is 1. The number of thioether (sulfide) groups is 1. The van der Waals surface area contributed by atoms with Gasteiger partial charge in [-0.1, -0.05) is 19.1 Å². The van der Waals surface area contributed by atoms with E-state index in [0.717, 1.165) is 48.4 Å². The number of rotatable bonds is 6. The van der Waals surface area contributed by atoms with E-state index in [-0.39, 0.29) is 5.24 Å². The van der Waals surface area contributed by atoms with Gasteiger partial charge in [0.1, 0.15) is 5.69 Å². The van der Waals surface area contributed by atoms with Crippen molar-refractivity contribution in [2.45, 2.75) is 25.2 Å². The second-order valence-corrected chi connectivity index (χ2v) is 8.36. The number of hydrogen-bond donors (Lipinski definition) is 1. The molecule has 0 saturated carbocycles. The molecule has 1 aliphatic heterocycles. The van der Waals surface area contributed by atoms with Crippen LogP contribution in [0.25, 0.3) is 0 Å². The van der Waals surface area contributed by atoms with Gasteiger partial charge in [-0.05, 0) is 43.4 Å². The lowest BCUT2D eigenvalue weighted by Gasteiger charge is -2.36. The highest BCUT2D eigenvalue weighted by Crippen LogP contribution is 2.30. The first-order chi connectivity index (χ1) is 14.1.